The standard InChI is InChI=1S/C23H28IN3O6/c1-23(2,3)33-22(30)26-18(14-32-13-15-8-6-5-7-9-15)21(29)27-25-12-16-10-17(24)20(28)19(11-16)31-4/h5-12,18,28H,13-14H2,1-4H3,(H,26,30)(H,27,29)/b25-12-/t18-/m0/s1. The highest BCUT2D eigenvalue weighted by Crippen LogP contribution is 2.31. The number of ether oxygens (including phenoxy) is 3. The van der Waals surface area contributed by atoms with Crippen molar-refractivity contribution in [3.63, 3.8) is 0 Å². The molecule has 2 amide bonds. The molecule has 1 atom stereocenters. The van der Waals surface area contributed by atoms with E-state index in [1.807, 2.05) is 52.9 Å². The molecular formula is C23H28IN3O6. The lowest BCUT2D eigenvalue weighted by Crippen LogP contribution is -2.49. The van der Waals surface area contributed by atoms with Gasteiger partial charge in [0.05, 0.1) is 30.1 Å². The summed E-state index contributed by atoms with van der Waals surface area (Å²) < 4.78 is 16.6. The summed E-state index contributed by atoms with van der Waals surface area (Å²) in [6, 6.07) is 11.7. The van der Waals surface area contributed by atoms with Crippen molar-refractivity contribution >= 4 is 40.8 Å². The molecule has 0 aromatic heterocycles. The molecule has 2 rings (SSSR count). The van der Waals surface area contributed by atoms with Gasteiger partial charge >= 0.3 is 6.09 Å². The van der Waals surface area contributed by atoms with Crippen LogP contribution in [0.15, 0.2) is 47.6 Å². The Morgan fingerprint density at radius 3 is 2.55 bits per heavy atom. The van der Waals surface area contributed by atoms with Crippen LogP contribution in [0.1, 0.15) is 31.9 Å². The lowest BCUT2D eigenvalue weighted by Gasteiger charge is -2.22. The Morgan fingerprint density at radius 1 is 1.21 bits per heavy atom. The van der Waals surface area contributed by atoms with Crippen LogP contribution in [0.4, 0.5) is 4.79 Å². The number of methoxy groups -OCH3 is 1. The van der Waals surface area contributed by atoms with Gasteiger partial charge in [-0.05, 0) is 66.6 Å². The summed E-state index contributed by atoms with van der Waals surface area (Å²) in [4.78, 5) is 24.9. The van der Waals surface area contributed by atoms with Gasteiger partial charge in [0.25, 0.3) is 5.91 Å². The molecule has 0 radical (unpaired) electrons. The maximum atomic E-state index is 12.7. The van der Waals surface area contributed by atoms with Crippen LogP contribution in [0, 0.1) is 3.57 Å². The number of hydrogen-bond acceptors (Lipinski definition) is 7. The second kappa shape index (κ2) is 12.4. The highest BCUT2D eigenvalue weighted by molar-refractivity contribution is 14.1. The van der Waals surface area contributed by atoms with Gasteiger partial charge in [0.15, 0.2) is 11.5 Å². The first-order valence-electron chi connectivity index (χ1n) is 10.1. The molecule has 0 heterocycles. The Bertz CT molecular complexity index is 976. The number of hydrogen-bond donors (Lipinski definition) is 3. The van der Waals surface area contributed by atoms with Crippen molar-refractivity contribution in [1.82, 2.24) is 10.7 Å². The average molecular weight is 569 g/mol. The molecule has 10 heteroatoms. The smallest absolute Gasteiger partial charge is 0.408 e. The van der Waals surface area contributed by atoms with E-state index in [0.29, 0.717) is 9.13 Å². The van der Waals surface area contributed by atoms with Gasteiger partial charge in [0.1, 0.15) is 11.6 Å². The van der Waals surface area contributed by atoms with E-state index >= 15 is 0 Å². The van der Waals surface area contributed by atoms with Crippen LogP contribution in [0.5, 0.6) is 11.5 Å². The Labute approximate surface area is 206 Å². The quantitative estimate of drug-likeness (QED) is 0.242. The van der Waals surface area contributed by atoms with Crippen molar-refractivity contribution in [1.29, 1.82) is 0 Å². The van der Waals surface area contributed by atoms with Crippen molar-refractivity contribution in [2.24, 2.45) is 5.10 Å². The average Bonchev–Trinajstić information content (AvgIpc) is 2.74. The Morgan fingerprint density at radius 2 is 1.91 bits per heavy atom. The van der Waals surface area contributed by atoms with Crippen LogP contribution in [-0.2, 0) is 20.9 Å². The van der Waals surface area contributed by atoms with Gasteiger partial charge in [-0.2, -0.15) is 5.10 Å². The molecule has 0 bridgehead atoms. The number of alkyl carbamates (subject to hydrolysis) is 1. The number of carbonyl (C=O) groups excluding carboxylic acids is 2. The highest BCUT2D eigenvalue weighted by atomic mass is 127. The van der Waals surface area contributed by atoms with E-state index < -0.39 is 23.6 Å². The minimum atomic E-state index is -1.03. The number of halogens is 1. The molecule has 0 spiro atoms. The van der Waals surface area contributed by atoms with E-state index in [2.05, 4.69) is 15.8 Å². The summed E-state index contributed by atoms with van der Waals surface area (Å²) >= 11 is 1.96. The molecule has 9 nitrogen and oxygen atoms in total. The molecule has 33 heavy (non-hydrogen) atoms. The largest absolute Gasteiger partial charge is 0.504 e. The summed E-state index contributed by atoms with van der Waals surface area (Å²) in [5.41, 5.74) is 3.21. The van der Waals surface area contributed by atoms with Crippen LogP contribution in [-0.4, -0.2) is 48.7 Å². The molecule has 0 aliphatic heterocycles. The molecule has 3 N–H and O–H groups in total. The first-order chi connectivity index (χ1) is 15.6. The van der Waals surface area contributed by atoms with Crippen molar-refractivity contribution < 1.29 is 28.9 Å². The number of nitrogens with one attached hydrogen (secondary N) is 2. The monoisotopic (exact) mass is 569 g/mol. The van der Waals surface area contributed by atoms with Crippen LogP contribution < -0.4 is 15.5 Å². The molecule has 2 aromatic carbocycles. The first-order valence-corrected chi connectivity index (χ1v) is 11.2. The zero-order valence-corrected chi connectivity index (χ0v) is 21.1. The Hall–Kier alpha value is -2.86. The van der Waals surface area contributed by atoms with Crippen molar-refractivity contribution in [3.8, 4) is 11.5 Å². The molecule has 0 fully saturated rings. The molecule has 0 aliphatic rings. The predicted octanol–water partition coefficient (Wildman–Crippen LogP) is 3.57. The van der Waals surface area contributed by atoms with Crippen LogP contribution in [0.25, 0.3) is 0 Å². The van der Waals surface area contributed by atoms with Crippen LogP contribution in [0.2, 0.25) is 0 Å². The molecule has 0 aliphatic carbocycles. The van der Waals surface area contributed by atoms with E-state index in [1.165, 1.54) is 13.3 Å². The third-order valence-electron chi connectivity index (χ3n) is 4.06. The summed E-state index contributed by atoms with van der Waals surface area (Å²) in [6.45, 7) is 5.37. The van der Waals surface area contributed by atoms with Gasteiger partial charge in [-0.3, -0.25) is 4.79 Å². The van der Waals surface area contributed by atoms with Crippen molar-refractivity contribution in [2.45, 2.75) is 39.0 Å². The lowest BCUT2D eigenvalue weighted by atomic mass is 10.2. The van der Waals surface area contributed by atoms with Gasteiger partial charge in [-0.1, -0.05) is 30.3 Å². The normalized spacial score (nSPS) is 12.3. The molecular weight excluding hydrogens is 541 g/mol. The molecule has 0 saturated heterocycles. The topological polar surface area (TPSA) is 118 Å². The fourth-order valence-corrected chi connectivity index (χ4v) is 3.20. The molecule has 0 saturated carbocycles. The van der Waals surface area contributed by atoms with Crippen molar-refractivity contribution in [2.75, 3.05) is 13.7 Å². The lowest BCUT2D eigenvalue weighted by molar-refractivity contribution is -0.124. The van der Waals surface area contributed by atoms with Gasteiger partial charge < -0.3 is 24.6 Å². The summed E-state index contributed by atoms with van der Waals surface area (Å²) in [5, 5.41) is 16.4. The van der Waals surface area contributed by atoms with Gasteiger partial charge in [0.2, 0.25) is 0 Å². The number of carbonyl (C=O) groups is 2. The number of rotatable bonds is 9. The maximum Gasteiger partial charge on any atom is 0.408 e. The van der Waals surface area contributed by atoms with Crippen LogP contribution >= 0.6 is 22.6 Å². The van der Waals surface area contributed by atoms with E-state index in [0.717, 1.165) is 5.56 Å². The Balaban J connectivity index is 2.04. The third-order valence-corrected chi connectivity index (χ3v) is 4.88. The molecule has 2 aromatic rings. The van der Waals surface area contributed by atoms with Gasteiger partial charge in [0, 0.05) is 0 Å². The zero-order valence-electron chi connectivity index (χ0n) is 18.9. The second-order valence-electron chi connectivity index (χ2n) is 7.99. The Kier molecular flexibility index (Phi) is 9.92. The second-order valence-corrected chi connectivity index (χ2v) is 9.15. The van der Waals surface area contributed by atoms with E-state index in [9.17, 15) is 14.7 Å². The minimum Gasteiger partial charge on any atom is -0.504 e. The predicted molar refractivity (Wildman–Crippen MR) is 132 cm³/mol. The number of amides is 2. The maximum absolute atomic E-state index is 12.7. The summed E-state index contributed by atoms with van der Waals surface area (Å²) in [7, 11) is 1.44. The SMILES string of the molecule is COc1cc(/C=N\NC(=O)[C@H](COCc2ccccc2)NC(=O)OC(C)(C)C)cc(I)c1O. The van der Waals surface area contributed by atoms with E-state index in [4.69, 9.17) is 14.2 Å². The number of hydrazone groups is 1. The van der Waals surface area contributed by atoms with E-state index in [-0.39, 0.29) is 24.7 Å². The van der Waals surface area contributed by atoms with Gasteiger partial charge in [-0.25, -0.2) is 10.2 Å². The number of phenolic OH excluding ortho intramolecular Hbond substituents is 1. The fraction of sp³-hybridized carbons (Fsp3) is 0.348. The number of phenols is 1. The number of nitrogens with zero attached hydrogens (tertiary/aromatic N) is 1. The summed E-state index contributed by atoms with van der Waals surface area (Å²) in [5.74, 6) is -0.268. The highest BCUT2D eigenvalue weighted by Gasteiger charge is 2.24. The third kappa shape index (κ3) is 9.26. The number of aromatic hydroxyl groups is 1. The van der Waals surface area contributed by atoms with Crippen molar-refractivity contribution in [3.05, 3.63) is 57.2 Å². The van der Waals surface area contributed by atoms with Gasteiger partial charge in [-0.15, -0.1) is 0 Å². The number of benzene rings is 2. The summed E-state index contributed by atoms with van der Waals surface area (Å²) in [6.07, 6.45) is 0.657. The van der Waals surface area contributed by atoms with Crippen LogP contribution in [0.3, 0.4) is 0 Å². The fourth-order valence-electron chi connectivity index (χ4n) is 2.57. The zero-order chi connectivity index (χ0) is 24.4. The molecule has 0 unspecified atom stereocenters. The first kappa shape index (κ1) is 26.4. The minimum absolute atomic E-state index is 0.0245. The van der Waals surface area contributed by atoms with E-state index in [1.54, 1.807) is 32.9 Å². The molecule has 178 valence electrons.